The molecule has 0 radical (unpaired) electrons. The van der Waals surface area contributed by atoms with Gasteiger partial charge in [-0.3, -0.25) is 0 Å². The van der Waals surface area contributed by atoms with E-state index >= 15 is 0 Å². The van der Waals surface area contributed by atoms with Crippen LogP contribution in [0.2, 0.25) is 0 Å². The van der Waals surface area contributed by atoms with Crippen LogP contribution in [0.4, 0.5) is 0 Å². The Morgan fingerprint density at radius 3 is 1.28 bits per heavy atom. The third kappa shape index (κ3) is 2.50. The van der Waals surface area contributed by atoms with Gasteiger partial charge in [0, 0.05) is 0 Å². The Kier molecular flexibility index (Phi) is 3.66. The number of rotatable bonds is 3. The summed E-state index contributed by atoms with van der Waals surface area (Å²) in [5, 5.41) is 10.5. The molecule has 9 rings (SSSR count). The van der Waals surface area contributed by atoms with Gasteiger partial charge in [0.05, 0.1) is 5.56 Å². The molecule has 8 fully saturated rings. The highest BCUT2D eigenvalue weighted by atomic mass is 16.4. The molecule has 0 aliphatic heterocycles. The number of carbonyl (C=O) groups is 1. The Bertz CT molecular complexity index is 738. The first-order valence-corrected chi connectivity index (χ1v) is 12.5. The van der Waals surface area contributed by atoms with E-state index in [4.69, 9.17) is 0 Å². The van der Waals surface area contributed by atoms with Crippen LogP contribution in [0, 0.1) is 47.3 Å². The fraction of sp³-hybridized carbons (Fsp3) is 0.741. The molecule has 2 heteroatoms. The van der Waals surface area contributed by atoms with Crippen molar-refractivity contribution in [1.82, 2.24) is 0 Å². The molecule has 0 aromatic heterocycles. The van der Waals surface area contributed by atoms with Crippen LogP contribution < -0.4 is 0 Å². The zero-order chi connectivity index (χ0) is 19.3. The quantitative estimate of drug-likeness (QED) is 0.643. The van der Waals surface area contributed by atoms with Crippen molar-refractivity contribution >= 4 is 5.97 Å². The largest absolute Gasteiger partial charge is 0.478 e. The third-order valence-electron chi connectivity index (χ3n) is 10.5. The summed E-state index contributed by atoms with van der Waals surface area (Å²) in [6.45, 7) is 0. The Morgan fingerprint density at radius 1 is 0.621 bits per heavy atom. The van der Waals surface area contributed by atoms with Gasteiger partial charge in [-0.1, -0.05) is 18.2 Å². The average Bonchev–Trinajstić information content (AvgIpc) is 2.66. The van der Waals surface area contributed by atoms with Crippen LogP contribution in [0.1, 0.15) is 97.5 Å². The van der Waals surface area contributed by atoms with Crippen LogP contribution in [-0.4, -0.2) is 11.1 Å². The number of carboxylic acids is 1. The van der Waals surface area contributed by atoms with E-state index < -0.39 is 5.97 Å². The van der Waals surface area contributed by atoms with Crippen LogP contribution in [0.15, 0.2) is 18.2 Å². The second-order valence-corrected chi connectivity index (χ2v) is 12.0. The molecule has 0 heterocycles. The van der Waals surface area contributed by atoms with Crippen molar-refractivity contribution in [3.05, 3.63) is 34.9 Å². The average molecular weight is 391 g/mol. The van der Waals surface area contributed by atoms with Crippen LogP contribution in [0.25, 0.3) is 0 Å². The molecule has 29 heavy (non-hydrogen) atoms. The lowest BCUT2D eigenvalue weighted by Gasteiger charge is -2.56. The molecule has 0 unspecified atom stereocenters. The maximum Gasteiger partial charge on any atom is 0.336 e. The number of carboxylic acid groups (broad SMARTS) is 1. The lowest BCUT2D eigenvalue weighted by Crippen LogP contribution is -2.45. The van der Waals surface area contributed by atoms with Crippen LogP contribution in [0.3, 0.4) is 0 Å². The van der Waals surface area contributed by atoms with E-state index in [9.17, 15) is 9.90 Å². The second kappa shape index (κ2) is 6.11. The highest BCUT2D eigenvalue weighted by molar-refractivity contribution is 5.92. The predicted molar refractivity (Wildman–Crippen MR) is 113 cm³/mol. The molecule has 1 aromatic rings. The fourth-order valence-corrected chi connectivity index (χ4v) is 10.3. The summed E-state index contributed by atoms with van der Waals surface area (Å²) in [7, 11) is 0. The van der Waals surface area contributed by atoms with Crippen molar-refractivity contribution in [1.29, 1.82) is 0 Å². The Morgan fingerprint density at radius 2 is 0.966 bits per heavy atom. The van der Waals surface area contributed by atoms with Gasteiger partial charge < -0.3 is 5.11 Å². The molecule has 1 aromatic carbocycles. The molecule has 8 aliphatic rings. The van der Waals surface area contributed by atoms with Gasteiger partial charge in [-0.2, -0.15) is 0 Å². The molecule has 0 spiro atoms. The molecule has 1 N–H and O–H groups in total. The van der Waals surface area contributed by atoms with Gasteiger partial charge in [0.1, 0.15) is 0 Å². The van der Waals surface area contributed by atoms with Crippen molar-refractivity contribution in [2.24, 2.45) is 47.3 Å². The molecule has 0 amide bonds. The molecule has 0 atom stereocenters. The number of hydrogen-bond acceptors (Lipinski definition) is 1. The lowest BCUT2D eigenvalue weighted by molar-refractivity contribution is -0.00571. The monoisotopic (exact) mass is 390 g/mol. The van der Waals surface area contributed by atoms with E-state index in [1.807, 2.05) is 0 Å². The second-order valence-electron chi connectivity index (χ2n) is 12.0. The zero-order valence-electron chi connectivity index (χ0n) is 17.4. The summed E-state index contributed by atoms with van der Waals surface area (Å²) in [4.78, 5) is 12.7. The third-order valence-corrected chi connectivity index (χ3v) is 10.5. The van der Waals surface area contributed by atoms with Crippen molar-refractivity contribution in [3.8, 4) is 0 Å². The first-order chi connectivity index (χ1) is 14.1. The Labute approximate surface area is 174 Å². The first-order valence-electron chi connectivity index (χ1n) is 12.5. The molecular weight excluding hydrogens is 356 g/mol. The SMILES string of the molecule is O=C(O)c1c(C2C3CC4CC(C3)CC2C4)cccc1C1C2CC3CC(C2)CC1C3. The minimum atomic E-state index is -0.641. The normalized spacial score (nSPS) is 49.0. The summed E-state index contributed by atoms with van der Waals surface area (Å²) in [6, 6.07) is 6.67. The summed E-state index contributed by atoms with van der Waals surface area (Å²) in [6.07, 6.45) is 13.8. The van der Waals surface area contributed by atoms with Gasteiger partial charge >= 0.3 is 5.97 Å². The standard InChI is InChI=1S/C27H34O2/c28-27(29)26-22(24-18-6-14-4-15(8-18)9-19(24)7-14)2-1-3-23(26)25-20-10-16-5-17(12-20)13-21(25)11-16/h1-3,14-21,24-25H,4-13H2,(H,28,29). The van der Waals surface area contributed by atoms with E-state index in [2.05, 4.69) is 18.2 Å². The molecular formula is C27H34O2. The number of hydrogen-bond donors (Lipinski definition) is 1. The smallest absolute Gasteiger partial charge is 0.336 e. The summed E-state index contributed by atoms with van der Waals surface area (Å²) >= 11 is 0. The molecule has 2 nitrogen and oxygen atoms in total. The summed E-state index contributed by atoms with van der Waals surface area (Å²) in [5.41, 5.74) is 3.22. The maximum absolute atomic E-state index is 12.7. The molecule has 8 bridgehead atoms. The summed E-state index contributed by atoms with van der Waals surface area (Å²) in [5.74, 6) is 7.15. The van der Waals surface area contributed by atoms with Gasteiger partial charge in [0.15, 0.2) is 0 Å². The van der Waals surface area contributed by atoms with Crippen LogP contribution in [0.5, 0.6) is 0 Å². The predicted octanol–water partition coefficient (Wildman–Crippen LogP) is 6.46. The minimum absolute atomic E-state index is 0.519. The first kappa shape index (κ1) is 17.4. The lowest BCUT2D eigenvalue weighted by atomic mass is 9.49. The van der Waals surface area contributed by atoms with E-state index in [-0.39, 0.29) is 0 Å². The van der Waals surface area contributed by atoms with E-state index in [1.165, 1.54) is 75.3 Å². The van der Waals surface area contributed by atoms with Crippen LogP contribution >= 0.6 is 0 Å². The van der Waals surface area contributed by atoms with E-state index in [0.29, 0.717) is 11.8 Å². The van der Waals surface area contributed by atoms with Crippen molar-refractivity contribution < 1.29 is 9.90 Å². The van der Waals surface area contributed by atoms with Gasteiger partial charge in [-0.05, 0) is 135 Å². The molecule has 154 valence electrons. The van der Waals surface area contributed by atoms with Gasteiger partial charge in [-0.15, -0.1) is 0 Å². The van der Waals surface area contributed by atoms with E-state index in [1.54, 1.807) is 0 Å². The van der Waals surface area contributed by atoms with Gasteiger partial charge in [-0.25, -0.2) is 4.79 Å². The summed E-state index contributed by atoms with van der Waals surface area (Å²) < 4.78 is 0. The maximum atomic E-state index is 12.7. The number of aromatic carboxylic acids is 1. The van der Waals surface area contributed by atoms with Crippen LogP contribution in [-0.2, 0) is 0 Å². The molecule has 8 saturated carbocycles. The Balaban J connectivity index is 1.32. The molecule has 0 saturated heterocycles. The number of benzene rings is 1. The topological polar surface area (TPSA) is 37.3 Å². The highest BCUT2D eigenvalue weighted by Crippen LogP contribution is 2.62. The zero-order valence-corrected chi connectivity index (χ0v) is 17.4. The Hall–Kier alpha value is -1.31. The van der Waals surface area contributed by atoms with Gasteiger partial charge in [0.2, 0.25) is 0 Å². The van der Waals surface area contributed by atoms with Crippen molar-refractivity contribution in [3.63, 3.8) is 0 Å². The van der Waals surface area contributed by atoms with Gasteiger partial charge in [0.25, 0.3) is 0 Å². The van der Waals surface area contributed by atoms with E-state index in [0.717, 1.165) is 52.9 Å². The fourth-order valence-electron chi connectivity index (χ4n) is 10.3. The van der Waals surface area contributed by atoms with Crippen molar-refractivity contribution in [2.45, 2.75) is 76.0 Å². The van der Waals surface area contributed by atoms with Crippen molar-refractivity contribution in [2.75, 3.05) is 0 Å². The molecule has 8 aliphatic carbocycles. The highest BCUT2D eigenvalue weighted by Gasteiger charge is 2.52. The minimum Gasteiger partial charge on any atom is -0.478 e.